The third-order valence-electron chi connectivity index (χ3n) is 2.45. The number of hydrogen-bond acceptors (Lipinski definition) is 5. The Hall–Kier alpha value is -1.92. The zero-order chi connectivity index (χ0) is 13.7. The van der Waals surface area contributed by atoms with Crippen LogP contribution in [0.2, 0.25) is 0 Å². The molecule has 4 N–H and O–H groups in total. The van der Waals surface area contributed by atoms with Gasteiger partial charge in [0.1, 0.15) is 5.75 Å². The fraction of sp³-hybridized carbons (Fsp3) is 0.231. The van der Waals surface area contributed by atoms with Gasteiger partial charge in [-0.15, -0.1) is 11.3 Å². The van der Waals surface area contributed by atoms with Crippen LogP contribution in [0.25, 0.3) is 0 Å². The fourth-order valence-electron chi connectivity index (χ4n) is 1.58. The van der Waals surface area contributed by atoms with Crippen LogP contribution in [0.5, 0.6) is 5.75 Å². The molecular weight excluding hydrogens is 262 g/mol. The lowest BCUT2D eigenvalue weighted by Crippen LogP contribution is -2.14. The van der Waals surface area contributed by atoms with Gasteiger partial charge < -0.3 is 16.2 Å². The number of thiazole rings is 1. The summed E-state index contributed by atoms with van der Waals surface area (Å²) in [4.78, 5) is 16.1. The molecule has 0 spiro atoms. The Morgan fingerprint density at radius 3 is 2.79 bits per heavy atom. The number of aromatic hydroxyl groups is 1. The molecule has 0 unspecified atom stereocenters. The van der Waals surface area contributed by atoms with E-state index in [4.69, 9.17) is 10.8 Å². The highest BCUT2D eigenvalue weighted by Gasteiger charge is 2.08. The predicted octanol–water partition coefficient (Wildman–Crippen LogP) is 1.53. The molecule has 0 fully saturated rings. The van der Waals surface area contributed by atoms with Crippen molar-refractivity contribution in [3.05, 3.63) is 40.3 Å². The van der Waals surface area contributed by atoms with Gasteiger partial charge in [0, 0.05) is 17.5 Å². The average Bonchev–Trinajstić information content (AvgIpc) is 2.80. The third kappa shape index (κ3) is 4.04. The fourth-order valence-corrected chi connectivity index (χ4v) is 2.40. The van der Waals surface area contributed by atoms with Crippen molar-refractivity contribution in [1.29, 1.82) is 0 Å². The monoisotopic (exact) mass is 277 g/mol. The summed E-state index contributed by atoms with van der Waals surface area (Å²) in [6, 6.07) is 6.35. The Labute approximate surface area is 115 Å². The Kier molecular flexibility index (Phi) is 4.48. The normalized spacial score (nSPS) is 10.4. The smallest absolute Gasteiger partial charge is 0.230 e. The summed E-state index contributed by atoms with van der Waals surface area (Å²) in [5, 5.41) is 14.7. The molecule has 0 radical (unpaired) electrons. The van der Waals surface area contributed by atoms with Crippen molar-refractivity contribution in [1.82, 2.24) is 4.98 Å². The lowest BCUT2D eigenvalue weighted by atomic mass is 10.2. The minimum Gasteiger partial charge on any atom is -0.508 e. The van der Waals surface area contributed by atoms with Crippen molar-refractivity contribution < 1.29 is 9.90 Å². The number of amides is 1. The van der Waals surface area contributed by atoms with Gasteiger partial charge in [0.25, 0.3) is 0 Å². The van der Waals surface area contributed by atoms with Gasteiger partial charge in [-0.3, -0.25) is 4.79 Å². The molecule has 0 atom stereocenters. The third-order valence-corrected chi connectivity index (χ3v) is 3.41. The lowest BCUT2D eigenvalue weighted by Gasteiger charge is -2.03. The Bertz CT molecular complexity index is 551. The van der Waals surface area contributed by atoms with E-state index >= 15 is 0 Å². The second kappa shape index (κ2) is 6.31. The number of phenolic OH excluding ortho intramolecular Hbond substituents is 1. The molecule has 0 aliphatic rings. The summed E-state index contributed by atoms with van der Waals surface area (Å²) < 4.78 is 0. The van der Waals surface area contributed by atoms with E-state index in [1.165, 1.54) is 23.5 Å². The van der Waals surface area contributed by atoms with Crippen molar-refractivity contribution >= 4 is 22.9 Å². The number of nitrogens with one attached hydrogen (secondary N) is 1. The summed E-state index contributed by atoms with van der Waals surface area (Å²) in [7, 11) is 0. The van der Waals surface area contributed by atoms with Crippen molar-refractivity contribution in [2.24, 2.45) is 5.73 Å². The molecular formula is C13H15N3O2S. The number of nitrogens with zero attached hydrogens (tertiary/aromatic N) is 1. The maximum absolute atomic E-state index is 11.8. The number of hydrogen-bond donors (Lipinski definition) is 3. The largest absolute Gasteiger partial charge is 0.508 e. The first-order chi connectivity index (χ1) is 9.17. The zero-order valence-corrected chi connectivity index (χ0v) is 11.1. The molecule has 100 valence electrons. The van der Waals surface area contributed by atoms with E-state index in [0.717, 1.165) is 17.1 Å². The number of carbonyl (C=O) groups excluding carboxylic acids is 1. The van der Waals surface area contributed by atoms with E-state index in [1.807, 2.05) is 5.38 Å². The quantitative estimate of drug-likeness (QED) is 0.723. The molecule has 6 heteroatoms. The Morgan fingerprint density at radius 2 is 2.11 bits per heavy atom. The summed E-state index contributed by atoms with van der Waals surface area (Å²) in [5.74, 6) is 0.0409. The van der Waals surface area contributed by atoms with E-state index in [-0.39, 0.29) is 18.1 Å². The SMILES string of the molecule is NCCc1nc(CC(=O)Nc2ccc(O)cc2)cs1. The first-order valence-corrected chi connectivity index (χ1v) is 6.77. The topological polar surface area (TPSA) is 88.2 Å². The molecule has 19 heavy (non-hydrogen) atoms. The predicted molar refractivity (Wildman–Crippen MR) is 75.3 cm³/mol. The van der Waals surface area contributed by atoms with Crippen LogP contribution < -0.4 is 11.1 Å². The average molecular weight is 277 g/mol. The van der Waals surface area contributed by atoms with E-state index in [1.54, 1.807) is 12.1 Å². The molecule has 1 heterocycles. The molecule has 0 saturated heterocycles. The maximum atomic E-state index is 11.8. The summed E-state index contributed by atoms with van der Waals surface area (Å²) in [6.45, 7) is 0.562. The van der Waals surface area contributed by atoms with Crippen LogP contribution >= 0.6 is 11.3 Å². The molecule has 5 nitrogen and oxygen atoms in total. The van der Waals surface area contributed by atoms with Crippen LogP contribution in [0.1, 0.15) is 10.7 Å². The van der Waals surface area contributed by atoms with Gasteiger partial charge in [-0.25, -0.2) is 4.98 Å². The van der Waals surface area contributed by atoms with E-state index in [2.05, 4.69) is 10.3 Å². The first-order valence-electron chi connectivity index (χ1n) is 5.89. The molecule has 0 aliphatic carbocycles. The van der Waals surface area contributed by atoms with Crippen LogP contribution in [0.4, 0.5) is 5.69 Å². The number of rotatable bonds is 5. The van der Waals surface area contributed by atoms with Crippen molar-refractivity contribution in [2.45, 2.75) is 12.8 Å². The van der Waals surface area contributed by atoms with Crippen LogP contribution in [0.3, 0.4) is 0 Å². The van der Waals surface area contributed by atoms with Crippen LogP contribution in [-0.2, 0) is 17.6 Å². The Morgan fingerprint density at radius 1 is 1.37 bits per heavy atom. The molecule has 2 aromatic rings. The number of nitrogens with two attached hydrogens (primary N) is 1. The van der Waals surface area contributed by atoms with E-state index in [9.17, 15) is 4.79 Å². The van der Waals surface area contributed by atoms with Gasteiger partial charge in [-0.05, 0) is 30.8 Å². The van der Waals surface area contributed by atoms with Gasteiger partial charge in [0.05, 0.1) is 17.1 Å². The summed E-state index contributed by atoms with van der Waals surface area (Å²) in [6.07, 6.45) is 0.978. The van der Waals surface area contributed by atoms with Crippen LogP contribution in [0, 0.1) is 0 Å². The minimum atomic E-state index is -0.129. The van der Waals surface area contributed by atoms with Gasteiger partial charge in [0.15, 0.2) is 0 Å². The Balaban J connectivity index is 1.91. The van der Waals surface area contributed by atoms with Crippen molar-refractivity contribution in [3.63, 3.8) is 0 Å². The highest BCUT2D eigenvalue weighted by molar-refractivity contribution is 7.09. The highest BCUT2D eigenvalue weighted by atomic mass is 32.1. The second-order valence-corrected chi connectivity index (χ2v) is 4.99. The molecule has 1 aromatic heterocycles. The zero-order valence-electron chi connectivity index (χ0n) is 10.3. The summed E-state index contributed by atoms with van der Waals surface area (Å²) in [5.41, 5.74) is 6.86. The maximum Gasteiger partial charge on any atom is 0.230 e. The van der Waals surface area contributed by atoms with Crippen LogP contribution in [-0.4, -0.2) is 22.5 Å². The van der Waals surface area contributed by atoms with Crippen LogP contribution in [0.15, 0.2) is 29.6 Å². The number of phenols is 1. The summed E-state index contributed by atoms with van der Waals surface area (Å²) >= 11 is 1.52. The standard InChI is InChI=1S/C13H15N3O2S/c14-6-5-13-16-10(8-19-13)7-12(18)15-9-1-3-11(17)4-2-9/h1-4,8,17H,5-7,14H2,(H,15,18). The van der Waals surface area contributed by atoms with Gasteiger partial charge >= 0.3 is 0 Å². The van der Waals surface area contributed by atoms with Gasteiger partial charge in [-0.2, -0.15) is 0 Å². The molecule has 0 aliphatic heterocycles. The lowest BCUT2D eigenvalue weighted by molar-refractivity contribution is -0.115. The van der Waals surface area contributed by atoms with Crippen molar-refractivity contribution in [3.8, 4) is 5.75 Å². The number of benzene rings is 1. The highest BCUT2D eigenvalue weighted by Crippen LogP contribution is 2.15. The van der Waals surface area contributed by atoms with E-state index < -0.39 is 0 Å². The molecule has 1 amide bonds. The first kappa shape index (κ1) is 13.5. The molecule has 0 saturated carbocycles. The second-order valence-electron chi connectivity index (χ2n) is 4.04. The molecule has 1 aromatic carbocycles. The van der Waals surface area contributed by atoms with Gasteiger partial charge in [-0.1, -0.05) is 0 Å². The number of carbonyl (C=O) groups is 1. The molecule has 0 bridgehead atoms. The number of anilines is 1. The minimum absolute atomic E-state index is 0.129. The molecule has 2 rings (SSSR count). The van der Waals surface area contributed by atoms with Crippen molar-refractivity contribution in [2.75, 3.05) is 11.9 Å². The van der Waals surface area contributed by atoms with E-state index in [0.29, 0.717) is 12.2 Å². The number of aromatic nitrogens is 1. The van der Waals surface area contributed by atoms with Gasteiger partial charge in [0.2, 0.25) is 5.91 Å².